The van der Waals surface area contributed by atoms with Crippen molar-refractivity contribution < 1.29 is 43.0 Å². The number of aliphatic hydroxyl groups is 2. The van der Waals surface area contributed by atoms with Gasteiger partial charge >= 0.3 is 13.8 Å². The van der Waals surface area contributed by atoms with E-state index in [1.165, 1.54) is 186 Å². The molecule has 0 radical (unpaired) electrons. The molecule has 0 saturated heterocycles. The van der Waals surface area contributed by atoms with Gasteiger partial charge in [-0.2, -0.15) is 0 Å². The molecule has 57 heavy (non-hydrogen) atoms. The number of hydrogen-bond donors (Lipinski definition) is 3. The molecule has 0 spiro atoms. The fourth-order valence-electron chi connectivity index (χ4n) is 7.00. The second-order valence-electron chi connectivity index (χ2n) is 16.5. The molecule has 0 aliphatic heterocycles. The monoisotopic (exact) mass is 833 g/mol. The summed E-state index contributed by atoms with van der Waals surface area (Å²) in [6.45, 7) is 3.57. The lowest BCUT2D eigenvalue weighted by molar-refractivity contribution is -0.154. The van der Waals surface area contributed by atoms with Crippen molar-refractivity contribution in [3.63, 3.8) is 0 Å². The molecular formula is C47H93O9P. The Hall–Kier alpha value is -0.800. The highest BCUT2D eigenvalue weighted by Gasteiger charge is 2.26. The Morgan fingerprint density at radius 2 is 0.895 bits per heavy atom. The van der Waals surface area contributed by atoms with Crippen LogP contribution in [0.1, 0.15) is 239 Å². The van der Waals surface area contributed by atoms with Crippen molar-refractivity contribution in [2.75, 3.05) is 33.0 Å². The Kier molecular flexibility index (Phi) is 44.1. The summed E-state index contributed by atoms with van der Waals surface area (Å²) in [7, 11) is -4.51. The van der Waals surface area contributed by atoms with E-state index in [2.05, 4.69) is 26.0 Å². The highest BCUT2D eigenvalue weighted by Crippen LogP contribution is 2.43. The molecule has 3 N–H and O–H groups in total. The van der Waals surface area contributed by atoms with Gasteiger partial charge in [-0.15, -0.1) is 0 Å². The first kappa shape index (κ1) is 56.2. The van der Waals surface area contributed by atoms with E-state index in [0.29, 0.717) is 6.61 Å². The summed E-state index contributed by atoms with van der Waals surface area (Å²) in [5, 5.41) is 18.4. The Labute approximate surface area is 351 Å². The minimum Gasteiger partial charge on any atom is -0.457 e. The molecule has 0 amide bonds. The van der Waals surface area contributed by atoms with Crippen LogP contribution in [0.2, 0.25) is 0 Å². The van der Waals surface area contributed by atoms with Gasteiger partial charge in [-0.05, 0) is 38.5 Å². The predicted molar refractivity (Wildman–Crippen MR) is 238 cm³/mol. The minimum atomic E-state index is -4.51. The Balaban J connectivity index is 4.06. The maximum Gasteiger partial charge on any atom is 0.472 e. The van der Waals surface area contributed by atoms with Gasteiger partial charge in [-0.1, -0.05) is 206 Å². The molecule has 9 nitrogen and oxygen atoms in total. The topological polar surface area (TPSA) is 132 Å². The second-order valence-corrected chi connectivity index (χ2v) is 17.9. The van der Waals surface area contributed by atoms with Crippen molar-refractivity contribution >= 4 is 13.8 Å². The fraction of sp³-hybridized carbons (Fsp3) is 0.936. The second kappa shape index (κ2) is 44.7. The molecule has 0 saturated carbocycles. The van der Waals surface area contributed by atoms with E-state index in [9.17, 15) is 19.4 Å². The van der Waals surface area contributed by atoms with E-state index >= 15 is 0 Å². The number of phosphoric ester groups is 1. The minimum absolute atomic E-state index is 0.0548. The molecule has 0 bridgehead atoms. The highest BCUT2D eigenvalue weighted by atomic mass is 31.2. The summed E-state index contributed by atoms with van der Waals surface area (Å²) in [5.74, 6) is -0.379. The first-order valence-corrected chi connectivity index (χ1v) is 25.7. The van der Waals surface area contributed by atoms with Crippen molar-refractivity contribution in [3.05, 3.63) is 12.2 Å². The van der Waals surface area contributed by atoms with E-state index < -0.39 is 33.2 Å². The molecule has 0 aromatic carbocycles. The van der Waals surface area contributed by atoms with Crippen molar-refractivity contribution in [1.82, 2.24) is 0 Å². The lowest BCUT2D eigenvalue weighted by Gasteiger charge is -2.20. The van der Waals surface area contributed by atoms with Crippen LogP contribution in [0, 0.1) is 0 Å². The number of carbonyl (C=O) groups excluding carboxylic acids is 1. The van der Waals surface area contributed by atoms with E-state index in [4.69, 9.17) is 23.6 Å². The van der Waals surface area contributed by atoms with Gasteiger partial charge in [-0.25, -0.2) is 4.57 Å². The lowest BCUT2D eigenvalue weighted by Crippen LogP contribution is -2.29. The van der Waals surface area contributed by atoms with Gasteiger partial charge in [0.15, 0.2) is 0 Å². The van der Waals surface area contributed by atoms with Crippen molar-refractivity contribution in [2.24, 2.45) is 0 Å². The number of rotatable bonds is 47. The summed E-state index contributed by atoms with van der Waals surface area (Å²) in [6, 6.07) is 0. The van der Waals surface area contributed by atoms with Crippen LogP contribution < -0.4 is 0 Å². The zero-order valence-corrected chi connectivity index (χ0v) is 38.2. The van der Waals surface area contributed by atoms with Crippen LogP contribution >= 0.6 is 7.82 Å². The number of aliphatic hydroxyl groups excluding tert-OH is 2. The smallest absolute Gasteiger partial charge is 0.457 e. The molecule has 0 aliphatic carbocycles. The molecule has 0 aromatic heterocycles. The molecule has 0 fully saturated rings. The molecule has 0 rings (SSSR count). The number of carbonyl (C=O) groups is 1. The van der Waals surface area contributed by atoms with Crippen LogP contribution in [0.15, 0.2) is 12.2 Å². The van der Waals surface area contributed by atoms with Crippen LogP contribution in [0.4, 0.5) is 0 Å². The van der Waals surface area contributed by atoms with E-state index in [1.54, 1.807) is 0 Å². The molecular weight excluding hydrogens is 739 g/mol. The van der Waals surface area contributed by atoms with E-state index in [-0.39, 0.29) is 25.6 Å². The van der Waals surface area contributed by atoms with E-state index in [1.807, 2.05) is 0 Å². The fourth-order valence-corrected chi connectivity index (χ4v) is 7.79. The molecule has 0 heterocycles. The van der Waals surface area contributed by atoms with Crippen LogP contribution in [0.3, 0.4) is 0 Å². The summed E-state index contributed by atoms with van der Waals surface area (Å²) in [4.78, 5) is 22.6. The van der Waals surface area contributed by atoms with Crippen LogP contribution in [-0.2, 0) is 27.9 Å². The van der Waals surface area contributed by atoms with Gasteiger partial charge in [0.25, 0.3) is 0 Å². The Morgan fingerprint density at radius 1 is 0.526 bits per heavy atom. The van der Waals surface area contributed by atoms with Gasteiger partial charge in [0.1, 0.15) is 12.2 Å². The van der Waals surface area contributed by atoms with Crippen LogP contribution in [0.25, 0.3) is 0 Å². The van der Waals surface area contributed by atoms with Crippen molar-refractivity contribution in [2.45, 2.75) is 251 Å². The quantitative estimate of drug-likeness (QED) is 0.0237. The van der Waals surface area contributed by atoms with E-state index in [0.717, 1.165) is 32.1 Å². The van der Waals surface area contributed by atoms with Gasteiger partial charge in [-0.3, -0.25) is 13.8 Å². The van der Waals surface area contributed by atoms with Gasteiger partial charge in [0.2, 0.25) is 0 Å². The third kappa shape index (κ3) is 44.6. The number of unbranched alkanes of at least 4 members (excludes halogenated alkanes) is 31. The Morgan fingerprint density at radius 3 is 1.32 bits per heavy atom. The van der Waals surface area contributed by atoms with Gasteiger partial charge < -0.3 is 24.6 Å². The average Bonchev–Trinajstić information content (AvgIpc) is 3.20. The summed E-state index contributed by atoms with van der Waals surface area (Å²) in [6.07, 6.45) is 46.0. The molecule has 3 atom stereocenters. The van der Waals surface area contributed by atoms with Gasteiger partial charge in [0, 0.05) is 13.0 Å². The largest absolute Gasteiger partial charge is 0.472 e. The summed E-state index contributed by atoms with van der Waals surface area (Å²) >= 11 is 0. The third-order valence-corrected chi connectivity index (χ3v) is 11.7. The SMILES string of the molecule is CCCCCCCCCC/C=C\CCCCCCCCCCCC(=O)OC(COCCCCCCCCCCCCCCCCC)COP(=O)(O)OCC(O)CO. The molecule has 0 aliphatic rings. The predicted octanol–water partition coefficient (Wildman–Crippen LogP) is 13.7. The maximum absolute atomic E-state index is 12.7. The third-order valence-electron chi connectivity index (χ3n) is 10.7. The maximum atomic E-state index is 12.7. The number of allylic oxidation sites excluding steroid dienone is 2. The van der Waals surface area contributed by atoms with Crippen molar-refractivity contribution in [1.29, 1.82) is 0 Å². The molecule has 10 heteroatoms. The number of esters is 1. The zero-order chi connectivity index (χ0) is 41.8. The normalized spacial score (nSPS) is 14.0. The zero-order valence-electron chi connectivity index (χ0n) is 37.3. The first-order valence-electron chi connectivity index (χ1n) is 24.2. The lowest BCUT2D eigenvalue weighted by atomic mass is 10.0. The first-order chi connectivity index (χ1) is 27.8. The number of hydrogen-bond acceptors (Lipinski definition) is 8. The standard InChI is InChI=1S/C47H93O9P/c1-3-5-7-9-11-13-15-17-19-20-21-22-23-24-25-27-29-31-33-35-37-39-47(50)56-46(44-55-57(51,52)54-42-45(49)41-48)43-53-40-38-36-34-32-30-28-26-18-16-14-12-10-8-6-4-2/h20-21,45-46,48-49H,3-19,22-44H2,1-2H3,(H,51,52)/b21-20-. The number of phosphoric acid groups is 1. The van der Waals surface area contributed by atoms with Gasteiger partial charge in [0.05, 0.1) is 26.4 Å². The van der Waals surface area contributed by atoms with Crippen LogP contribution in [-0.4, -0.2) is 66.3 Å². The number of ether oxygens (including phenoxy) is 2. The molecule has 3 unspecified atom stereocenters. The molecule has 0 aromatic rings. The average molecular weight is 833 g/mol. The van der Waals surface area contributed by atoms with Crippen molar-refractivity contribution in [3.8, 4) is 0 Å². The Bertz CT molecular complexity index is 902. The summed E-state index contributed by atoms with van der Waals surface area (Å²) < 4.78 is 33.5. The van der Waals surface area contributed by atoms with Crippen LogP contribution in [0.5, 0.6) is 0 Å². The molecule has 340 valence electrons. The summed E-state index contributed by atoms with van der Waals surface area (Å²) in [5.41, 5.74) is 0. The highest BCUT2D eigenvalue weighted by molar-refractivity contribution is 7.47.